The fourth-order valence-electron chi connectivity index (χ4n) is 3.91. The average Bonchev–Trinajstić information content (AvgIpc) is 3.11. The van der Waals surface area contributed by atoms with Crippen LogP contribution < -0.4 is 5.32 Å². The molecule has 2 N–H and O–H groups in total. The van der Waals surface area contributed by atoms with Crippen LogP contribution in [0.1, 0.15) is 52.4 Å². The van der Waals surface area contributed by atoms with Crippen LogP contribution in [0.3, 0.4) is 0 Å². The van der Waals surface area contributed by atoms with E-state index in [0.717, 1.165) is 24.3 Å². The van der Waals surface area contributed by atoms with Gasteiger partial charge in [0.1, 0.15) is 16.9 Å². The molecule has 1 fully saturated rings. The fraction of sp³-hybridized carbons (Fsp3) is 0.500. The van der Waals surface area contributed by atoms with Gasteiger partial charge >= 0.3 is 0 Å². The molecule has 31 heavy (non-hydrogen) atoms. The Balaban J connectivity index is 1.81. The number of nitrogens with zero attached hydrogens (tertiary/aromatic N) is 4. The van der Waals surface area contributed by atoms with Gasteiger partial charge in [-0.2, -0.15) is 11.8 Å². The van der Waals surface area contributed by atoms with Gasteiger partial charge in [-0.15, -0.1) is 0 Å². The first-order valence-corrected chi connectivity index (χ1v) is 12.0. The van der Waals surface area contributed by atoms with Gasteiger partial charge < -0.3 is 15.0 Å². The molecule has 3 aromatic rings. The molecule has 1 saturated heterocycles. The second kappa shape index (κ2) is 8.56. The second-order valence-electron chi connectivity index (χ2n) is 8.71. The normalized spacial score (nSPS) is 15.7. The van der Waals surface area contributed by atoms with E-state index in [9.17, 15) is 5.11 Å². The third-order valence-electron chi connectivity index (χ3n) is 5.38. The van der Waals surface area contributed by atoms with Crippen LogP contribution in [0, 0.1) is 5.82 Å². The summed E-state index contributed by atoms with van der Waals surface area (Å²) in [5.41, 5.74) is 0.612. The Morgan fingerprint density at radius 2 is 1.97 bits per heavy atom. The largest absolute Gasteiger partial charge is 0.383 e. The van der Waals surface area contributed by atoms with Gasteiger partial charge in [0, 0.05) is 17.6 Å². The molecule has 9 heteroatoms. The van der Waals surface area contributed by atoms with Crippen LogP contribution in [0.2, 0.25) is 5.02 Å². The summed E-state index contributed by atoms with van der Waals surface area (Å²) >= 11 is 8.37. The molecular weight excluding hydrogens is 437 g/mol. The molecule has 3 heterocycles. The zero-order valence-electron chi connectivity index (χ0n) is 18.1. The third-order valence-corrected chi connectivity index (χ3v) is 6.71. The lowest BCUT2D eigenvalue weighted by atomic mass is 10.1. The Bertz CT molecular complexity index is 1110. The highest BCUT2D eigenvalue weighted by Gasteiger charge is 2.28. The maximum atomic E-state index is 15.1. The number of thioether (sulfide) groups is 1. The number of fused-ring (bicyclic) bond motifs is 1. The summed E-state index contributed by atoms with van der Waals surface area (Å²) in [6, 6.07) is 3.52. The molecule has 0 spiro atoms. The molecule has 0 atom stereocenters. The molecule has 0 unspecified atom stereocenters. The Labute approximate surface area is 190 Å². The average molecular weight is 464 g/mol. The first kappa shape index (κ1) is 22.3. The molecule has 2 aromatic heterocycles. The van der Waals surface area contributed by atoms with Crippen LogP contribution in [0.4, 0.5) is 10.3 Å². The molecule has 0 radical (unpaired) electrons. The predicted octanol–water partition coefficient (Wildman–Crippen LogP) is 5.40. The Kier molecular flexibility index (Phi) is 6.16. The molecule has 166 valence electrons. The van der Waals surface area contributed by atoms with Crippen LogP contribution >= 0.6 is 23.4 Å². The number of imidazole rings is 1. The molecule has 6 nitrogen and oxygen atoms in total. The number of rotatable bonds is 5. The van der Waals surface area contributed by atoms with E-state index in [1.807, 2.05) is 36.2 Å². The van der Waals surface area contributed by atoms with Crippen LogP contribution in [0.25, 0.3) is 22.3 Å². The minimum Gasteiger partial charge on any atom is -0.383 e. The van der Waals surface area contributed by atoms with E-state index in [1.54, 1.807) is 20.0 Å². The van der Waals surface area contributed by atoms with E-state index in [0.29, 0.717) is 39.6 Å². The lowest BCUT2D eigenvalue weighted by Gasteiger charge is -2.22. The van der Waals surface area contributed by atoms with Crippen molar-refractivity contribution in [2.45, 2.75) is 58.2 Å². The summed E-state index contributed by atoms with van der Waals surface area (Å²) in [6.07, 6.45) is 3.66. The van der Waals surface area contributed by atoms with Gasteiger partial charge in [-0.3, -0.25) is 0 Å². The Morgan fingerprint density at radius 1 is 1.26 bits per heavy atom. The van der Waals surface area contributed by atoms with Gasteiger partial charge in [-0.05, 0) is 64.2 Å². The zero-order valence-corrected chi connectivity index (χ0v) is 19.7. The van der Waals surface area contributed by atoms with E-state index >= 15 is 4.39 Å². The Hall–Kier alpha value is -1.90. The molecule has 1 aliphatic heterocycles. The SMILES string of the molecule is CC(C)n1c(C(C)(C)O)nc2c(F)cc(-c3nc(NC4CCSCC4)ncc3Cl)cc21. The first-order chi connectivity index (χ1) is 14.6. The van der Waals surface area contributed by atoms with E-state index in [-0.39, 0.29) is 11.6 Å². The van der Waals surface area contributed by atoms with Crippen molar-refractivity contribution in [1.29, 1.82) is 0 Å². The van der Waals surface area contributed by atoms with Crippen LogP contribution in [-0.2, 0) is 5.60 Å². The van der Waals surface area contributed by atoms with Crippen molar-refractivity contribution in [3.05, 3.63) is 35.0 Å². The smallest absolute Gasteiger partial charge is 0.223 e. The summed E-state index contributed by atoms with van der Waals surface area (Å²) in [7, 11) is 0. The first-order valence-electron chi connectivity index (χ1n) is 10.5. The highest BCUT2D eigenvalue weighted by atomic mass is 35.5. The van der Waals surface area contributed by atoms with Crippen molar-refractivity contribution in [1.82, 2.24) is 19.5 Å². The number of anilines is 1. The quantitative estimate of drug-likeness (QED) is 0.527. The molecule has 1 aliphatic rings. The predicted molar refractivity (Wildman–Crippen MR) is 125 cm³/mol. The maximum absolute atomic E-state index is 15.1. The van der Waals surface area contributed by atoms with E-state index < -0.39 is 11.4 Å². The highest BCUT2D eigenvalue weighted by Crippen LogP contribution is 2.34. The minimum absolute atomic E-state index is 0.0247. The number of benzene rings is 1. The zero-order chi connectivity index (χ0) is 22.3. The van der Waals surface area contributed by atoms with Crippen LogP contribution in [0.5, 0.6) is 0 Å². The summed E-state index contributed by atoms with van der Waals surface area (Å²) < 4.78 is 17.0. The molecule has 1 aromatic carbocycles. The summed E-state index contributed by atoms with van der Waals surface area (Å²) in [4.78, 5) is 13.3. The van der Waals surface area contributed by atoms with Gasteiger partial charge in [0.25, 0.3) is 0 Å². The Morgan fingerprint density at radius 3 is 2.61 bits per heavy atom. The second-order valence-corrected chi connectivity index (χ2v) is 10.3. The number of aromatic nitrogens is 4. The standard InChI is InChI=1S/C22H27ClFN5OS/c1-12(2)29-17-10-13(9-16(24)19(17)27-20(29)22(3,4)30)18-15(23)11-25-21(28-18)26-14-5-7-31-8-6-14/h9-12,14,30H,5-8H2,1-4H3,(H,25,26,28). The topological polar surface area (TPSA) is 75.9 Å². The minimum atomic E-state index is -1.21. The van der Waals surface area contributed by atoms with E-state index in [2.05, 4.69) is 20.3 Å². The monoisotopic (exact) mass is 463 g/mol. The highest BCUT2D eigenvalue weighted by molar-refractivity contribution is 7.99. The molecule has 0 bridgehead atoms. The van der Waals surface area contributed by atoms with Crippen molar-refractivity contribution in [3.8, 4) is 11.3 Å². The van der Waals surface area contributed by atoms with Gasteiger partial charge in [-0.1, -0.05) is 11.6 Å². The van der Waals surface area contributed by atoms with Crippen molar-refractivity contribution in [3.63, 3.8) is 0 Å². The van der Waals surface area contributed by atoms with Crippen molar-refractivity contribution < 1.29 is 9.50 Å². The lowest BCUT2D eigenvalue weighted by Crippen LogP contribution is -2.25. The molecular formula is C22H27ClFN5OS. The number of aliphatic hydroxyl groups is 1. The number of hydrogen-bond acceptors (Lipinski definition) is 6. The van der Waals surface area contributed by atoms with Crippen LogP contribution in [-0.4, -0.2) is 42.2 Å². The molecule has 0 aliphatic carbocycles. The van der Waals surface area contributed by atoms with Gasteiger partial charge in [-0.25, -0.2) is 19.3 Å². The number of halogens is 2. The van der Waals surface area contributed by atoms with Gasteiger partial charge in [0.05, 0.1) is 22.4 Å². The van der Waals surface area contributed by atoms with Gasteiger partial charge in [0.15, 0.2) is 5.82 Å². The summed E-state index contributed by atoms with van der Waals surface area (Å²) in [6.45, 7) is 7.25. The lowest BCUT2D eigenvalue weighted by molar-refractivity contribution is 0.0641. The van der Waals surface area contributed by atoms with Crippen molar-refractivity contribution in [2.75, 3.05) is 16.8 Å². The van der Waals surface area contributed by atoms with Crippen molar-refractivity contribution >= 4 is 40.3 Å². The third kappa shape index (κ3) is 4.52. The summed E-state index contributed by atoms with van der Waals surface area (Å²) in [5, 5.41) is 14.3. The molecule has 0 saturated carbocycles. The fourth-order valence-corrected chi connectivity index (χ4v) is 5.21. The number of hydrogen-bond donors (Lipinski definition) is 2. The van der Waals surface area contributed by atoms with Gasteiger partial charge in [0.2, 0.25) is 5.95 Å². The van der Waals surface area contributed by atoms with E-state index in [4.69, 9.17) is 11.6 Å². The summed E-state index contributed by atoms with van der Waals surface area (Å²) in [5.74, 6) is 2.66. The maximum Gasteiger partial charge on any atom is 0.223 e. The number of nitrogens with one attached hydrogen (secondary N) is 1. The van der Waals surface area contributed by atoms with Crippen LogP contribution in [0.15, 0.2) is 18.3 Å². The molecule has 0 amide bonds. The molecule has 4 rings (SSSR count). The van der Waals surface area contributed by atoms with Crippen molar-refractivity contribution in [2.24, 2.45) is 0 Å². The van der Waals surface area contributed by atoms with E-state index in [1.165, 1.54) is 6.07 Å².